The summed E-state index contributed by atoms with van der Waals surface area (Å²) >= 11 is 0.758. The standard InChI is InChI=1S/C9H14N4O4S2/c1-5(14)11-8-12-13-9(18-8)19(16,17)10-4-7(15)6-2-3-6/h6-7,10,15H,2-4H2,1H3,(H,11,12,14). The fourth-order valence-corrected chi connectivity index (χ4v) is 3.46. The molecule has 1 aliphatic rings. The lowest BCUT2D eigenvalue weighted by Gasteiger charge is -2.09. The minimum atomic E-state index is -3.79. The smallest absolute Gasteiger partial charge is 0.269 e. The van der Waals surface area contributed by atoms with Gasteiger partial charge in [-0.05, 0) is 18.8 Å². The SMILES string of the molecule is CC(=O)Nc1nnc(S(=O)(=O)NCC(O)C2CC2)s1. The Balaban J connectivity index is 1.97. The zero-order chi connectivity index (χ0) is 14.0. The molecule has 8 nitrogen and oxygen atoms in total. The van der Waals surface area contributed by atoms with Crippen LogP contribution in [0.4, 0.5) is 5.13 Å². The van der Waals surface area contributed by atoms with E-state index in [0.717, 1.165) is 24.2 Å². The van der Waals surface area contributed by atoms with Gasteiger partial charge in [0.05, 0.1) is 6.10 Å². The molecule has 10 heteroatoms. The summed E-state index contributed by atoms with van der Waals surface area (Å²) in [5.41, 5.74) is 0. The highest BCUT2D eigenvalue weighted by Gasteiger charge is 2.31. The molecule has 1 aliphatic carbocycles. The van der Waals surface area contributed by atoms with Crippen molar-refractivity contribution in [2.24, 2.45) is 5.92 Å². The van der Waals surface area contributed by atoms with Gasteiger partial charge in [-0.15, -0.1) is 10.2 Å². The van der Waals surface area contributed by atoms with Crippen molar-refractivity contribution in [3.05, 3.63) is 0 Å². The maximum Gasteiger partial charge on any atom is 0.269 e. The number of sulfonamides is 1. The van der Waals surface area contributed by atoms with Gasteiger partial charge in [-0.25, -0.2) is 13.1 Å². The number of aliphatic hydroxyl groups is 1. The monoisotopic (exact) mass is 306 g/mol. The molecule has 1 atom stereocenters. The summed E-state index contributed by atoms with van der Waals surface area (Å²) in [6.45, 7) is 1.25. The van der Waals surface area contributed by atoms with E-state index in [0.29, 0.717) is 0 Å². The zero-order valence-corrected chi connectivity index (χ0v) is 11.8. The predicted molar refractivity (Wildman–Crippen MR) is 68.1 cm³/mol. The quantitative estimate of drug-likeness (QED) is 0.612. The van der Waals surface area contributed by atoms with Crippen LogP contribution in [0.3, 0.4) is 0 Å². The van der Waals surface area contributed by atoms with E-state index >= 15 is 0 Å². The third-order valence-corrected chi connectivity index (χ3v) is 5.20. The Morgan fingerprint density at radius 1 is 1.53 bits per heavy atom. The third-order valence-electron chi connectivity index (χ3n) is 2.57. The third kappa shape index (κ3) is 3.93. The summed E-state index contributed by atoms with van der Waals surface area (Å²) in [6, 6.07) is 0. The molecule has 0 spiro atoms. The normalized spacial score (nSPS) is 17.2. The zero-order valence-electron chi connectivity index (χ0n) is 10.2. The number of nitrogens with one attached hydrogen (secondary N) is 2. The molecule has 0 radical (unpaired) electrons. The molecule has 0 bridgehead atoms. The second-order valence-corrected chi connectivity index (χ2v) is 7.23. The van der Waals surface area contributed by atoms with Gasteiger partial charge in [-0.2, -0.15) is 0 Å². The number of anilines is 1. The first-order valence-electron chi connectivity index (χ1n) is 5.67. The van der Waals surface area contributed by atoms with E-state index in [2.05, 4.69) is 20.2 Å². The van der Waals surface area contributed by atoms with Gasteiger partial charge < -0.3 is 10.4 Å². The van der Waals surface area contributed by atoms with Crippen LogP contribution in [-0.4, -0.2) is 42.3 Å². The highest BCUT2D eigenvalue weighted by atomic mass is 32.2. The predicted octanol–water partition coefficient (Wildman–Crippen LogP) is -0.454. The summed E-state index contributed by atoms with van der Waals surface area (Å²) in [5.74, 6) is -0.163. The number of aliphatic hydroxyl groups excluding tert-OH is 1. The molecule has 1 aromatic heterocycles. The van der Waals surface area contributed by atoms with E-state index < -0.39 is 16.1 Å². The van der Waals surface area contributed by atoms with Crippen molar-refractivity contribution < 1.29 is 18.3 Å². The summed E-state index contributed by atoms with van der Waals surface area (Å²) < 4.78 is 25.7. The highest BCUT2D eigenvalue weighted by molar-refractivity contribution is 7.91. The van der Waals surface area contributed by atoms with Gasteiger partial charge in [-0.1, -0.05) is 11.3 Å². The Morgan fingerprint density at radius 2 is 2.21 bits per heavy atom. The van der Waals surface area contributed by atoms with Crippen molar-refractivity contribution in [2.45, 2.75) is 30.2 Å². The average Bonchev–Trinajstić information content (AvgIpc) is 3.06. The minimum absolute atomic E-state index is 0.0396. The minimum Gasteiger partial charge on any atom is -0.391 e. The van der Waals surface area contributed by atoms with Crippen molar-refractivity contribution >= 4 is 32.4 Å². The Bertz CT molecular complexity index is 567. The largest absolute Gasteiger partial charge is 0.391 e. The van der Waals surface area contributed by atoms with E-state index in [-0.39, 0.29) is 27.8 Å². The molecule has 1 unspecified atom stereocenters. The average molecular weight is 306 g/mol. The number of amides is 1. The first-order valence-corrected chi connectivity index (χ1v) is 7.97. The molecule has 0 aliphatic heterocycles. The second kappa shape index (κ2) is 5.49. The van der Waals surface area contributed by atoms with Gasteiger partial charge in [0.15, 0.2) is 0 Å². The van der Waals surface area contributed by atoms with E-state index in [9.17, 15) is 18.3 Å². The van der Waals surface area contributed by atoms with Crippen molar-refractivity contribution in [1.82, 2.24) is 14.9 Å². The lowest BCUT2D eigenvalue weighted by atomic mass is 10.2. The number of nitrogens with zero attached hydrogens (tertiary/aromatic N) is 2. The molecule has 0 saturated heterocycles. The molecule has 1 aromatic rings. The van der Waals surface area contributed by atoms with Crippen LogP contribution >= 0.6 is 11.3 Å². The first kappa shape index (κ1) is 14.3. The Hall–Kier alpha value is -1.10. The Kier molecular flexibility index (Phi) is 4.13. The summed E-state index contributed by atoms with van der Waals surface area (Å²) in [7, 11) is -3.79. The van der Waals surface area contributed by atoms with Crippen LogP contribution in [-0.2, 0) is 14.8 Å². The van der Waals surface area contributed by atoms with Gasteiger partial charge in [0, 0.05) is 13.5 Å². The van der Waals surface area contributed by atoms with Crippen molar-refractivity contribution in [3.63, 3.8) is 0 Å². The van der Waals surface area contributed by atoms with Crippen LogP contribution < -0.4 is 10.0 Å². The number of hydrogen-bond donors (Lipinski definition) is 3. The molecule has 106 valence electrons. The molecule has 1 amide bonds. The maximum absolute atomic E-state index is 11.9. The van der Waals surface area contributed by atoms with Gasteiger partial charge in [0.25, 0.3) is 10.0 Å². The van der Waals surface area contributed by atoms with E-state index in [1.807, 2.05) is 0 Å². The summed E-state index contributed by atoms with van der Waals surface area (Å²) in [5, 5.41) is 19.1. The number of rotatable bonds is 6. The molecule has 19 heavy (non-hydrogen) atoms. The van der Waals surface area contributed by atoms with Crippen molar-refractivity contribution in [1.29, 1.82) is 0 Å². The van der Waals surface area contributed by atoms with Gasteiger partial charge in [-0.3, -0.25) is 4.79 Å². The highest BCUT2D eigenvalue weighted by Crippen LogP contribution is 2.32. The molecular weight excluding hydrogens is 292 g/mol. The van der Waals surface area contributed by atoms with Crippen LogP contribution in [0.5, 0.6) is 0 Å². The first-order chi connectivity index (χ1) is 8.88. The van der Waals surface area contributed by atoms with Gasteiger partial charge >= 0.3 is 0 Å². The van der Waals surface area contributed by atoms with Gasteiger partial charge in [0.2, 0.25) is 15.4 Å². The molecule has 2 rings (SSSR count). The van der Waals surface area contributed by atoms with Crippen molar-refractivity contribution in [3.8, 4) is 0 Å². The molecule has 0 aromatic carbocycles. The lowest BCUT2D eigenvalue weighted by molar-refractivity contribution is -0.114. The fourth-order valence-electron chi connectivity index (χ4n) is 1.42. The Labute approximate surface area is 114 Å². The van der Waals surface area contributed by atoms with Gasteiger partial charge in [0.1, 0.15) is 0 Å². The molecule has 1 heterocycles. The summed E-state index contributed by atoms with van der Waals surface area (Å²) in [6.07, 6.45) is 1.18. The number of carbonyl (C=O) groups excluding carboxylic acids is 1. The topological polar surface area (TPSA) is 121 Å². The van der Waals surface area contributed by atoms with Crippen molar-refractivity contribution in [2.75, 3.05) is 11.9 Å². The van der Waals surface area contributed by atoms with E-state index in [1.165, 1.54) is 6.92 Å². The molecule has 3 N–H and O–H groups in total. The maximum atomic E-state index is 11.9. The molecule has 1 fully saturated rings. The molecule has 1 saturated carbocycles. The van der Waals surface area contributed by atoms with Crippen LogP contribution in [0.25, 0.3) is 0 Å². The summed E-state index contributed by atoms with van der Waals surface area (Å²) in [4.78, 5) is 10.8. The lowest BCUT2D eigenvalue weighted by Crippen LogP contribution is -2.33. The van der Waals surface area contributed by atoms with Crippen LogP contribution in [0, 0.1) is 5.92 Å². The van der Waals surface area contributed by atoms with Crippen LogP contribution in [0.2, 0.25) is 0 Å². The number of carbonyl (C=O) groups is 1. The molecular formula is C9H14N4O4S2. The van der Waals surface area contributed by atoms with E-state index in [1.54, 1.807) is 0 Å². The number of aromatic nitrogens is 2. The number of hydrogen-bond acceptors (Lipinski definition) is 7. The van der Waals surface area contributed by atoms with Crippen LogP contribution in [0.1, 0.15) is 19.8 Å². The fraction of sp³-hybridized carbons (Fsp3) is 0.667. The van der Waals surface area contributed by atoms with Crippen LogP contribution in [0.15, 0.2) is 4.34 Å². The Morgan fingerprint density at radius 3 is 2.79 bits per heavy atom. The van der Waals surface area contributed by atoms with E-state index in [4.69, 9.17) is 0 Å². The second-order valence-electron chi connectivity index (χ2n) is 4.31.